The quantitative estimate of drug-likeness (QED) is 0.838. The normalized spacial score (nSPS) is 21.4. The van der Waals surface area contributed by atoms with Gasteiger partial charge in [0, 0.05) is 24.7 Å². The maximum absolute atomic E-state index is 12.2. The summed E-state index contributed by atoms with van der Waals surface area (Å²) in [6, 6.07) is 0.253. The minimum absolute atomic E-state index is 0.0804. The van der Waals surface area contributed by atoms with E-state index in [1.54, 1.807) is 0 Å². The van der Waals surface area contributed by atoms with E-state index in [2.05, 4.69) is 26.1 Å². The second-order valence-electron chi connectivity index (χ2n) is 7.45. The van der Waals surface area contributed by atoms with Crippen molar-refractivity contribution in [3.05, 3.63) is 0 Å². The van der Waals surface area contributed by atoms with E-state index in [0.29, 0.717) is 0 Å². The fraction of sp³-hybridized carbons (Fsp3) is 0.933. The number of ether oxygens (including phenoxy) is 1. The van der Waals surface area contributed by atoms with Crippen LogP contribution in [0.2, 0.25) is 0 Å². The molecule has 112 valence electrons. The van der Waals surface area contributed by atoms with Crippen molar-refractivity contribution in [2.45, 2.75) is 78.0 Å². The van der Waals surface area contributed by atoms with Crippen LogP contribution in [0.3, 0.4) is 0 Å². The SMILES string of the molecule is CC(C)(C)NCC1CCCCN1C(=O)OC(C)(C)C. The monoisotopic (exact) mass is 270 g/mol. The van der Waals surface area contributed by atoms with Crippen LogP contribution in [0.4, 0.5) is 4.79 Å². The number of piperidine rings is 1. The Morgan fingerprint density at radius 3 is 2.37 bits per heavy atom. The third-order valence-corrected chi connectivity index (χ3v) is 3.12. The summed E-state index contributed by atoms with van der Waals surface area (Å²) in [6.07, 6.45) is 3.15. The van der Waals surface area contributed by atoms with E-state index in [9.17, 15) is 4.79 Å². The first-order valence-corrected chi connectivity index (χ1v) is 7.33. The predicted molar refractivity (Wildman–Crippen MR) is 78.3 cm³/mol. The third kappa shape index (κ3) is 6.28. The van der Waals surface area contributed by atoms with Crippen LogP contribution in [0, 0.1) is 0 Å². The maximum Gasteiger partial charge on any atom is 0.410 e. The fourth-order valence-corrected chi connectivity index (χ4v) is 2.20. The third-order valence-electron chi connectivity index (χ3n) is 3.12. The largest absolute Gasteiger partial charge is 0.444 e. The van der Waals surface area contributed by atoms with Crippen molar-refractivity contribution >= 4 is 6.09 Å². The van der Waals surface area contributed by atoms with Gasteiger partial charge in [-0.15, -0.1) is 0 Å². The molecule has 0 aliphatic carbocycles. The average molecular weight is 270 g/mol. The second-order valence-corrected chi connectivity index (χ2v) is 7.45. The Bertz CT molecular complexity index is 302. The van der Waals surface area contributed by atoms with Crippen LogP contribution in [0.5, 0.6) is 0 Å². The van der Waals surface area contributed by atoms with Gasteiger partial charge in [0.05, 0.1) is 0 Å². The van der Waals surface area contributed by atoms with E-state index < -0.39 is 5.60 Å². The Hall–Kier alpha value is -0.770. The lowest BCUT2D eigenvalue weighted by atomic mass is 10.0. The molecule has 0 radical (unpaired) electrons. The first kappa shape index (κ1) is 16.3. The number of carbonyl (C=O) groups is 1. The summed E-state index contributed by atoms with van der Waals surface area (Å²) in [6.45, 7) is 13.8. The minimum Gasteiger partial charge on any atom is -0.444 e. The molecule has 1 rings (SSSR count). The van der Waals surface area contributed by atoms with E-state index in [-0.39, 0.29) is 17.7 Å². The Labute approximate surface area is 117 Å². The lowest BCUT2D eigenvalue weighted by Gasteiger charge is -2.38. The van der Waals surface area contributed by atoms with Crippen molar-refractivity contribution < 1.29 is 9.53 Å². The molecule has 19 heavy (non-hydrogen) atoms. The number of amides is 1. The number of nitrogens with zero attached hydrogens (tertiary/aromatic N) is 1. The topological polar surface area (TPSA) is 41.6 Å². The summed E-state index contributed by atoms with van der Waals surface area (Å²) >= 11 is 0. The van der Waals surface area contributed by atoms with E-state index >= 15 is 0 Å². The van der Waals surface area contributed by atoms with Gasteiger partial charge in [-0.1, -0.05) is 0 Å². The summed E-state index contributed by atoms with van der Waals surface area (Å²) in [5.41, 5.74) is -0.340. The maximum atomic E-state index is 12.2. The molecule has 1 atom stereocenters. The molecule has 1 aliphatic rings. The van der Waals surface area contributed by atoms with Crippen LogP contribution in [0.15, 0.2) is 0 Å². The molecule has 1 heterocycles. The van der Waals surface area contributed by atoms with Gasteiger partial charge in [-0.3, -0.25) is 0 Å². The Morgan fingerprint density at radius 1 is 1.21 bits per heavy atom. The first-order valence-electron chi connectivity index (χ1n) is 7.33. The van der Waals surface area contributed by atoms with Crippen LogP contribution in [0.25, 0.3) is 0 Å². The van der Waals surface area contributed by atoms with Crippen molar-refractivity contribution in [3.8, 4) is 0 Å². The molecule has 1 fully saturated rings. The summed E-state index contributed by atoms with van der Waals surface area (Å²) in [5, 5.41) is 3.49. The molecule has 4 heteroatoms. The van der Waals surface area contributed by atoms with Gasteiger partial charge in [0.15, 0.2) is 0 Å². The molecule has 0 aromatic heterocycles. The molecule has 0 aromatic rings. The molecule has 1 N–H and O–H groups in total. The van der Waals surface area contributed by atoms with E-state index in [1.807, 2.05) is 25.7 Å². The average Bonchev–Trinajstić information content (AvgIpc) is 2.23. The van der Waals surface area contributed by atoms with E-state index in [1.165, 1.54) is 6.42 Å². The van der Waals surface area contributed by atoms with Gasteiger partial charge < -0.3 is 15.0 Å². The van der Waals surface area contributed by atoms with Crippen molar-refractivity contribution in [3.63, 3.8) is 0 Å². The number of likely N-dealkylation sites (tertiary alicyclic amines) is 1. The highest BCUT2D eigenvalue weighted by Crippen LogP contribution is 2.20. The van der Waals surface area contributed by atoms with Gasteiger partial charge in [0.1, 0.15) is 5.60 Å². The Balaban J connectivity index is 2.59. The zero-order valence-corrected chi connectivity index (χ0v) is 13.4. The predicted octanol–water partition coefficient (Wildman–Crippen LogP) is 3.16. The molecule has 1 saturated heterocycles. The van der Waals surface area contributed by atoms with Crippen molar-refractivity contribution in [1.82, 2.24) is 10.2 Å². The summed E-state index contributed by atoms with van der Waals surface area (Å²) in [7, 11) is 0. The molecule has 0 bridgehead atoms. The highest BCUT2D eigenvalue weighted by atomic mass is 16.6. The number of hydrogen-bond donors (Lipinski definition) is 1. The van der Waals surface area contributed by atoms with Crippen LogP contribution in [-0.4, -0.2) is 41.3 Å². The molecular formula is C15H30N2O2. The molecule has 0 saturated carbocycles. The van der Waals surface area contributed by atoms with Crippen LogP contribution in [0.1, 0.15) is 60.8 Å². The van der Waals surface area contributed by atoms with Gasteiger partial charge in [-0.25, -0.2) is 4.79 Å². The van der Waals surface area contributed by atoms with Gasteiger partial charge in [0.25, 0.3) is 0 Å². The zero-order chi connectivity index (χ0) is 14.7. The lowest BCUT2D eigenvalue weighted by molar-refractivity contribution is 0.00928. The van der Waals surface area contributed by atoms with Crippen LogP contribution < -0.4 is 5.32 Å². The van der Waals surface area contributed by atoms with Gasteiger partial charge >= 0.3 is 6.09 Å². The number of nitrogens with one attached hydrogen (secondary N) is 1. The summed E-state index contributed by atoms with van der Waals surface area (Å²) in [4.78, 5) is 14.1. The molecule has 0 spiro atoms. The molecule has 1 unspecified atom stereocenters. The number of carbonyl (C=O) groups excluding carboxylic acids is 1. The smallest absolute Gasteiger partial charge is 0.410 e. The molecular weight excluding hydrogens is 240 g/mol. The van der Waals surface area contributed by atoms with Gasteiger partial charge in [-0.05, 0) is 60.8 Å². The number of rotatable bonds is 2. The minimum atomic E-state index is -0.420. The number of hydrogen-bond acceptors (Lipinski definition) is 3. The van der Waals surface area contributed by atoms with Gasteiger partial charge in [-0.2, -0.15) is 0 Å². The second kappa shape index (κ2) is 6.12. The fourth-order valence-electron chi connectivity index (χ4n) is 2.20. The zero-order valence-electron chi connectivity index (χ0n) is 13.4. The van der Waals surface area contributed by atoms with Crippen LogP contribution >= 0.6 is 0 Å². The molecule has 0 aromatic carbocycles. The highest BCUT2D eigenvalue weighted by molar-refractivity contribution is 5.68. The lowest BCUT2D eigenvalue weighted by Crippen LogP contribution is -2.52. The molecule has 4 nitrogen and oxygen atoms in total. The summed E-state index contributed by atoms with van der Waals surface area (Å²) < 4.78 is 5.50. The van der Waals surface area contributed by atoms with Crippen LogP contribution in [-0.2, 0) is 4.74 Å². The molecule has 1 amide bonds. The van der Waals surface area contributed by atoms with E-state index in [0.717, 1.165) is 25.9 Å². The molecule has 1 aliphatic heterocycles. The highest BCUT2D eigenvalue weighted by Gasteiger charge is 2.30. The Morgan fingerprint density at radius 2 is 1.84 bits per heavy atom. The van der Waals surface area contributed by atoms with Crippen molar-refractivity contribution in [2.75, 3.05) is 13.1 Å². The first-order chi connectivity index (χ1) is 8.58. The Kier molecular flexibility index (Phi) is 5.25. The standard InChI is InChI=1S/C15H30N2O2/c1-14(2,3)16-11-12-9-7-8-10-17(12)13(18)19-15(4,5)6/h12,16H,7-11H2,1-6H3. The summed E-state index contributed by atoms with van der Waals surface area (Å²) in [5.74, 6) is 0. The van der Waals surface area contributed by atoms with E-state index in [4.69, 9.17) is 4.74 Å². The van der Waals surface area contributed by atoms with Crippen molar-refractivity contribution in [1.29, 1.82) is 0 Å². The van der Waals surface area contributed by atoms with Gasteiger partial charge in [0.2, 0.25) is 0 Å². The van der Waals surface area contributed by atoms with Crippen molar-refractivity contribution in [2.24, 2.45) is 0 Å².